The van der Waals surface area contributed by atoms with Gasteiger partial charge in [-0.2, -0.15) is 0 Å². The molecule has 0 radical (unpaired) electrons. The second kappa shape index (κ2) is 7.60. The first kappa shape index (κ1) is 16.1. The van der Waals surface area contributed by atoms with Crippen molar-refractivity contribution in [1.29, 1.82) is 0 Å². The highest BCUT2D eigenvalue weighted by Crippen LogP contribution is 2.08. The van der Waals surface area contributed by atoms with Crippen LogP contribution < -0.4 is 5.32 Å². The fourth-order valence-electron chi connectivity index (χ4n) is 1.64. The maximum Gasteiger partial charge on any atom is 0.216 e. The topological polar surface area (TPSA) is 60.2 Å². The van der Waals surface area contributed by atoms with Crippen molar-refractivity contribution in [3.63, 3.8) is 0 Å². The Balaban J connectivity index is 2.23. The van der Waals surface area contributed by atoms with Crippen LogP contribution in [0.25, 0.3) is 0 Å². The zero-order chi connectivity index (χ0) is 14.3. The summed E-state index contributed by atoms with van der Waals surface area (Å²) in [5.41, 5.74) is 0.163. The van der Waals surface area contributed by atoms with Gasteiger partial charge in [-0.15, -0.1) is 10.2 Å². The maximum atomic E-state index is 5.61. The summed E-state index contributed by atoms with van der Waals surface area (Å²) in [4.78, 5) is 0. The molecular weight excluding hydrogens is 242 g/mol. The standard InChI is InChI=1S/C14H27N3O2/c1-11(18-5)8-9-13-17-16-12(19-13)7-6-10-15-14(2,3)4/h11,15H,6-10H2,1-5H3. The van der Waals surface area contributed by atoms with Crippen LogP contribution in [0.4, 0.5) is 0 Å². The van der Waals surface area contributed by atoms with Crippen molar-refractivity contribution in [3.05, 3.63) is 11.8 Å². The number of nitrogens with zero attached hydrogens (tertiary/aromatic N) is 2. The smallest absolute Gasteiger partial charge is 0.216 e. The number of hydrogen-bond donors (Lipinski definition) is 1. The molecule has 1 heterocycles. The molecule has 5 heteroatoms. The molecule has 0 bridgehead atoms. The predicted molar refractivity (Wildman–Crippen MR) is 75.2 cm³/mol. The number of aromatic nitrogens is 2. The number of ether oxygens (including phenoxy) is 1. The van der Waals surface area contributed by atoms with E-state index in [1.807, 2.05) is 6.92 Å². The van der Waals surface area contributed by atoms with Gasteiger partial charge in [0.15, 0.2) is 0 Å². The molecule has 0 aliphatic heterocycles. The molecule has 0 spiro atoms. The van der Waals surface area contributed by atoms with Gasteiger partial charge in [0.05, 0.1) is 6.10 Å². The average molecular weight is 269 g/mol. The summed E-state index contributed by atoms with van der Waals surface area (Å²) in [7, 11) is 1.71. The van der Waals surface area contributed by atoms with E-state index in [0.29, 0.717) is 5.89 Å². The summed E-state index contributed by atoms with van der Waals surface area (Å²) < 4.78 is 10.8. The minimum Gasteiger partial charge on any atom is -0.425 e. The van der Waals surface area contributed by atoms with Crippen LogP contribution in [-0.2, 0) is 17.6 Å². The Labute approximate surface area is 116 Å². The van der Waals surface area contributed by atoms with E-state index in [0.717, 1.165) is 38.1 Å². The Bertz CT molecular complexity index is 358. The van der Waals surface area contributed by atoms with E-state index in [1.54, 1.807) is 7.11 Å². The van der Waals surface area contributed by atoms with Crippen LogP contribution in [-0.4, -0.2) is 35.5 Å². The summed E-state index contributed by atoms with van der Waals surface area (Å²) in [6.07, 6.45) is 3.75. The molecule has 0 fully saturated rings. The molecule has 110 valence electrons. The first-order chi connectivity index (χ1) is 8.90. The fourth-order valence-corrected chi connectivity index (χ4v) is 1.64. The highest BCUT2D eigenvalue weighted by Gasteiger charge is 2.10. The molecule has 1 unspecified atom stereocenters. The van der Waals surface area contributed by atoms with E-state index in [1.165, 1.54) is 0 Å². The summed E-state index contributed by atoms with van der Waals surface area (Å²) in [5, 5.41) is 11.6. The van der Waals surface area contributed by atoms with Gasteiger partial charge in [-0.1, -0.05) is 0 Å². The molecule has 0 saturated heterocycles. The van der Waals surface area contributed by atoms with Crippen molar-refractivity contribution in [2.24, 2.45) is 0 Å². The quantitative estimate of drug-likeness (QED) is 0.734. The normalized spacial score (nSPS) is 13.7. The molecule has 0 aliphatic carbocycles. The predicted octanol–water partition coefficient (Wildman–Crippen LogP) is 2.36. The van der Waals surface area contributed by atoms with Crippen molar-refractivity contribution >= 4 is 0 Å². The maximum absolute atomic E-state index is 5.61. The highest BCUT2D eigenvalue weighted by molar-refractivity contribution is 4.83. The lowest BCUT2D eigenvalue weighted by Gasteiger charge is -2.19. The highest BCUT2D eigenvalue weighted by atomic mass is 16.5. The van der Waals surface area contributed by atoms with Crippen LogP contribution in [0.15, 0.2) is 4.42 Å². The lowest BCUT2D eigenvalue weighted by molar-refractivity contribution is 0.109. The third-order valence-electron chi connectivity index (χ3n) is 2.90. The van der Waals surface area contributed by atoms with Crippen molar-refractivity contribution in [2.75, 3.05) is 13.7 Å². The number of nitrogens with one attached hydrogen (secondary N) is 1. The van der Waals surface area contributed by atoms with Crippen LogP contribution >= 0.6 is 0 Å². The minimum absolute atomic E-state index is 0.163. The SMILES string of the molecule is COC(C)CCc1nnc(CCCNC(C)(C)C)o1. The van der Waals surface area contributed by atoms with Gasteiger partial charge in [-0.3, -0.25) is 0 Å². The van der Waals surface area contributed by atoms with Crippen molar-refractivity contribution < 1.29 is 9.15 Å². The van der Waals surface area contributed by atoms with Crippen LogP contribution in [0.5, 0.6) is 0 Å². The van der Waals surface area contributed by atoms with Crippen molar-refractivity contribution in [1.82, 2.24) is 15.5 Å². The van der Waals surface area contributed by atoms with Gasteiger partial charge < -0.3 is 14.5 Å². The molecule has 0 amide bonds. The van der Waals surface area contributed by atoms with Crippen molar-refractivity contribution in [3.8, 4) is 0 Å². The van der Waals surface area contributed by atoms with Crippen LogP contribution in [0.1, 0.15) is 52.3 Å². The summed E-state index contributed by atoms with van der Waals surface area (Å²) >= 11 is 0. The van der Waals surface area contributed by atoms with E-state index in [4.69, 9.17) is 9.15 Å². The molecule has 0 saturated carbocycles. The van der Waals surface area contributed by atoms with E-state index in [2.05, 4.69) is 36.3 Å². The van der Waals surface area contributed by atoms with Crippen LogP contribution in [0.2, 0.25) is 0 Å². The second-order valence-corrected chi connectivity index (χ2v) is 5.95. The van der Waals surface area contributed by atoms with Crippen LogP contribution in [0.3, 0.4) is 0 Å². The molecule has 1 rings (SSSR count). The number of aryl methyl sites for hydroxylation is 2. The van der Waals surface area contributed by atoms with E-state index in [-0.39, 0.29) is 11.6 Å². The number of methoxy groups -OCH3 is 1. The van der Waals surface area contributed by atoms with Crippen molar-refractivity contribution in [2.45, 2.75) is 65.0 Å². The van der Waals surface area contributed by atoms with E-state index >= 15 is 0 Å². The molecule has 1 atom stereocenters. The van der Waals surface area contributed by atoms with Gasteiger partial charge in [0.25, 0.3) is 0 Å². The molecule has 1 aromatic rings. The molecule has 1 aromatic heterocycles. The zero-order valence-corrected chi connectivity index (χ0v) is 12.8. The van der Waals surface area contributed by atoms with Gasteiger partial charge in [0, 0.05) is 25.5 Å². The third-order valence-corrected chi connectivity index (χ3v) is 2.90. The first-order valence-corrected chi connectivity index (χ1v) is 7.00. The lowest BCUT2D eigenvalue weighted by atomic mass is 10.1. The Morgan fingerprint density at radius 2 is 1.84 bits per heavy atom. The largest absolute Gasteiger partial charge is 0.425 e. The Hall–Kier alpha value is -0.940. The fraction of sp³-hybridized carbons (Fsp3) is 0.857. The van der Waals surface area contributed by atoms with Crippen LogP contribution in [0, 0.1) is 0 Å². The second-order valence-electron chi connectivity index (χ2n) is 5.95. The molecule has 0 aliphatic rings. The summed E-state index contributed by atoms with van der Waals surface area (Å²) in [6.45, 7) is 9.48. The zero-order valence-electron chi connectivity index (χ0n) is 12.8. The van der Waals surface area contributed by atoms with Gasteiger partial charge in [-0.25, -0.2) is 0 Å². The van der Waals surface area contributed by atoms with Gasteiger partial charge in [0.1, 0.15) is 0 Å². The van der Waals surface area contributed by atoms with E-state index < -0.39 is 0 Å². The molecule has 5 nitrogen and oxygen atoms in total. The lowest BCUT2D eigenvalue weighted by Crippen LogP contribution is -2.36. The Morgan fingerprint density at radius 3 is 2.42 bits per heavy atom. The number of hydrogen-bond acceptors (Lipinski definition) is 5. The Morgan fingerprint density at radius 1 is 1.21 bits per heavy atom. The minimum atomic E-state index is 0.163. The summed E-state index contributed by atoms with van der Waals surface area (Å²) in [5.74, 6) is 1.44. The van der Waals surface area contributed by atoms with Gasteiger partial charge in [-0.05, 0) is 47.1 Å². The Kier molecular flexibility index (Phi) is 6.45. The summed E-state index contributed by atoms with van der Waals surface area (Å²) in [6, 6.07) is 0. The average Bonchev–Trinajstić information content (AvgIpc) is 2.78. The van der Waals surface area contributed by atoms with Gasteiger partial charge >= 0.3 is 0 Å². The number of rotatable bonds is 8. The molecular formula is C14H27N3O2. The monoisotopic (exact) mass is 269 g/mol. The molecule has 1 N–H and O–H groups in total. The van der Waals surface area contributed by atoms with Gasteiger partial charge in [0.2, 0.25) is 11.8 Å². The molecule has 0 aromatic carbocycles. The third kappa shape index (κ3) is 7.28. The molecule has 19 heavy (non-hydrogen) atoms. The van der Waals surface area contributed by atoms with E-state index in [9.17, 15) is 0 Å². The first-order valence-electron chi connectivity index (χ1n) is 7.00.